The van der Waals surface area contributed by atoms with Crippen molar-refractivity contribution in [3.05, 3.63) is 0 Å². The molecule has 170 valence electrons. The number of ether oxygens (including phenoxy) is 5. The Bertz CT molecular complexity index is 243. The summed E-state index contributed by atoms with van der Waals surface area (Å²) in [6, 6.07) is 0. The Balaban J connectivity index is 2.96. The third-order valence-corrected chi connectivity index (χ3v) is 4.38. The Kier molecular flexibility index (Phi) is 26.5. The second kappa shape index (κ2) is 26.8. The van der Waals surface area contributed by atoms with Crippen LogP contribution < -0.4 is 5.32 Å². The standard InChI is InChI=1S/C22H47NO5/c1-3-4-5-6-7-8-9-10-11-13-24-15-17-26-19-21-28-22-20-27-18-16-25-14-12-23-2/h23H,3-22H2,1-2H3. The summed E-state index contributed by atoms with van der Waals surface area (Å²) in [5, 5.41) is 3.03. The van der Waals surface area contributed by atoms with Crippen LogP contribution in [0.5, 0.6) is 0 Å². The Morgan fingerprint density at radius 2 is 0.786 bits per heavy atom. The molecule has 6 heteroatoms. The number of rotatable bonds is 25. The maximum absolute atomic E-state index is 5.60. The molecule has 0 saturated heterocycles. The van der Waals surface area contributed by atoms with Gasteiger partial charge in [-0.15, -0.1) is 0 Å². The van der Waals surface area contributed by atoms with Crippen LogP contribution in [0.1, 0.15) is 64.7 Å². The smallest absolute Gasteiger partial charge is 0.0701 e. The molecule has 0 rings (SSSR count). The van der Waals surface area contributed by atoms with E-state index in [1.54, 1.807) is 0 Å². The summed E-state index contributed by atoms with van der Waals surface area (Å²) in [5.74, 6) is 0. The third kappa shape index (κ3) is 25.8. The molecular formula is C22H47NO5. The van der Waals surface area contributed by atoms with Crippen molar-refractivity contribution in [3.63, 3.8) is 0 Å². The van der Waals surface area contributed by atoms with Gasteiger partial charge in [0, 0.05) is 13.2 Å². The molecule has 0 spiro atoms. The summed E-state index contributed by atoms with van der Waals surface area (Å²) in [6.45, 7) is 9.65. The lowest BCUT2D eigenvalue weighted by Crippen LogP contribution is -2.17. The fraction of sp³-hybridized carbons (Fsp3) is 1.00. The largest absolute Gasteiger partial charge is 0.379 e. The van der Waals surface area contributed by atoms with Crippen LogP contribution in [0.15, 0.2) is 0 Å². The van der Waals surface area contributed by atoms with Gasteiger partial charge in [0.1, 0.15) is 0 Å². The van der Waals surface area contributed by atoms with E-state index in [1.807, 2.05) is 7.05 Å². The van der Waals surface area contributed by atoms with Crippen LogP contribution in [0.25, 0.3) is 0 Å². The van der Waals surface area contributed by atoms with Gasteiger partial charge in [0.05, 0.1) is 59.5 Å². The second-order valence-electron chi connectivity index (χ2n) is 6.99. The second-order valence-corrected chi connectivity index (χ2v) is 6.99. The lowest BCUT2D eigenvalue weighted by Gasteiger charge is -2.08. The average Bonchev–Trinajstić information content (AvgIpc) is 2.71. The molecule has 0 aromatic heterocycles. The van der Waals surface area contributed by atoms with Crippen LogP contribution in [0.4, 0.5) is 0 Å². The van der Waals surface area contributed by atoms with E-state index in [0.717, 1.165) is 19.8 Å². The van der Waals surface area contributed by atoms with Gasteiger partial charge in [0.15, 0.2) is 0 Å². The lowest BCUT2D eigenvalue weighted by atomic mass is 10.1. The number of likely N-dealkylation sites (N-methyl/N-ethyl adjacent to an activating group) is 1. The first kappa shape index (κ1) is 27.8. The summed E-state index contributed by atoms with van der Waals surface area (Å²) < 4.78 is 27.3. The quantitative estimate of drug-likeness (QED) is 0.233. The molecule has 0 aromatic carbocycles. The minimum absolute atomic E-state index is 0.592. The van der Waals surface area contributed by atoms with Crippen molar-refractivity contribution in [3.8, 4) is 0 Å². The highest BCUT2D eigenvalue weighted by molar-refractivity contribution is 4.46. The van der Waals surface area contributed by atoms with Crippen molar-refractivity contribution in [1.29, 1.82) is 0 Å². The Morgan fingerprint density at radius 1 is 0.429 bits per heavy atom. The summed E-state index contributed by atoms with van der Waals surface area (Å²) in [6.07, 6.45) is 12.1. The molecule has 28 heavy (non-hydrogen) atoms. The zero-order chi connectivity index (χ0) is 20.4. The molecule has 0 saturated carbocycles. The van der Waals surface area contributed by atoms with Gasteiger partial charge in [0.25, 0.3) is 0 Å². The molecule has 0 atom stereocenters. The minimum Gasteiger partial charge on any atom is -0.379 e. The highest BCUT2D eigenvalue weighted by atomic mass is 16.6. The first-order valence-electron chi connectivity index (χ1n) is 11.4. The molecule has 0 aromatic rings. The lowest BCUT2D eigenvalue weighted by molar-refractivity contribution is -0.0109. The van der Waals surface area contributed by atoms with Crippen LogP contribution >= 0.6 is 0 Å². The minimum atomic E-state index is 0.592. The molecule has 0 unspecified atom stereocenters. The van der Waals surface area contributed by atoms with Crippen molar-refractivity contribution in [1.82, 2.24) is 5.32 Å². The van der Waals surface area contributed by atoms with Gasteiger partial charge in [0.2, 0.25) is 0 Å². The number of unbranched alkanes of at least 4 members (excludes halogenated alkanes) is 8. The molecule has 0 aliphatic rings. The van der Waals surface area contributed by atoms with E-state index >= 15 is 0 Å². The Morgan fingerprint density at radius 3 is 1.21 bits per heavy atom. The van der Waals surface area contributed by atoms with Crippen molar-refractivity contribution in [2.24, 2.45) is 0 Å². The normalized spacial score (nSPS) is 11.4. The van der Waals surface area contributed by atoms with Crippen LogP contribution in [-0.4, -0.2) is 79.7 Å². The first-order valence-corrected chi connectivity index (χ1v) is 11.4. The van der Waals surface area contributed by atoms with Crippen LogP contribution in [0, 0.1) is 0 Å². The predicted molar refractivity (Wildman–Crippen MR) is 115 cm³/mol. The molecular weight excluding hydrogens is 358 g/mol. The topological polar surface area (TPSA) is 58.2 Å². The number of hydrogen-bond donors (Lipinski definition) is 1. The molecule has 0 radical (unpaired) electrons. The number of nitrogens with one attached hydrogen (secondary N) is 1. The Hall–Kier alpha value is -0.240. The third-order valence-electron chi connectivity index (χ3n) is 4.38. The van der Waals surface area contributed by atoms with Gasteiger partial charge in [-0.05, 0) is 13.5 Å². The zero-order valence-corrected chi connectivity index (χ0v) is 18.7. The fourth-order valence-corrected chi connectivity index (χ4v) is 2.67. The van der Waals surface area contributed by atoms with Crippen molar-refractivity contribution >= 4 is 0 Å². The first-order chi connectivity index (χ1) is 13.9. The molecule has 0 fully saturated rings. The summed E-state index contributed by atoms with van der Waals surface area (Å²) in [5.41, 5.74) is 0. The maximum Gasteiger partial charge on any atom is 0.0701 e. The van der Waals surface area contributed by atoms with E-state index in [2.05, 4.69) is 12.2 Å². The van der Waals surface area contributed by atoms with E-state index in [1.165, 1.54) is 57.8 Å². The molecule has 6 nitrogen and oxygen atoms in total. The molecule has 0 amide bonds. The van der Waals surface area contributed by atoms with E-state index < -0.39 is 0 Å². The fourth-order valence-electron chi connectivity index (χ4n) is 2.67. The number of hydrogen-bond acceptors (Lipinski definition) is 6. The summed E-state index contributed by atoms with van der Waals surface area (Å²) in [4.78, 5) is 0. The molecule has 0 aliphatic heterocycles. The highest BCUT2D eigenvalue weighted by Crippen LogP contribution is 2.09. The van der Waals surface area contributed by atoms with Crippen molar-refractivity contribution < 1.29 is 23.7 Å². The van der Waals surface area contributed by atoms with E-state index in [9.17, 15) is 0 Å². The molecule has 0 bridgehead atoms. The molecule has 0 aliphatic carbocycles. The zero-order valence-electron chi connectivity index (χ0n) is 18.7. The van der Waals surface area contributed by atoms with Gasteiger partial charge < -0.3 is 29.0 Å². The monoisotopic (exact) mass is 405 g/mol. The SMILES string of the molecule is CCCCCCCCCCCOCCOCCOCCOCCOCCNC. The van der Waals surface area contributed by atoms with E-state index in [0.29, 0.717) is 52.9 Å². The summed E-state index contributed by atoms with van der Waals surface area (Å²) >= 11 is 0. The van der Waals surface area contributed by atoms with Gasteiger partial charge >= 0.3 is 0 Å². The summed E-state index contributed by atoms with van der Waals surface area (Å²) in [7, 11) is 1.91. The predicted octanol–water partition coefficient (Wildman–Crippen LogP) is 3.82. The van der Waals surface area contributed by atoms with E-state index in [4.69, 9.17) is 23.7 Å². The van der Waals surface area contributed by atoms with Gasteiger partial charge in [-0.3, -0.25) is 0 Å². The van der Waals surface area contributed by atoms with Crippen LogP contribution in [-0.2, 0) is 23.7 Å². The van der Waals surface area contributed by atoms with Crippen molar-refractivity contribution in [2.75, 3.05) is 79.7 Å². The average molecular weight is 406 g/mol. The Labute approximate surface area is 174 Å². The van der Waals surface area contributed by atoms with Crippen molar-refractivity contribution in [2.45, 2.75) is 64.7 Å². The maximum atomic E-state index is 5.60. The van der Waals surface area contributed by atoms with Gasteiger partial charge in [-0.2, -0.15) is 0 Å². The van der Waals surface area contributed by atoms with E-state index in [-0.39, 0.29) is 0 Å². The van der Waals surface area contributed by atoms with Gasteiger partial charge in [-0.1, -0.05) is 58.3 Å². The van der Waals surface area contributed by atoms with Gasteiger partial charge in [-0.25, -0.2) is 0 Å². The molecule has 0 heterocycles. The van der Waals surface area contributed by atoms with Crippen LogP contribution in [0.2, 0.25) is 0 Å². The highest BCUT2D eigenvalue weighted by Gasteiger charge is 1.95. The van der Waals surface area contributed by atoms with Crippen LogP contribution in [0.3, 0.4) is 0 Å². The molecule has 1 N–H and O–H groups in total.